The molecule has 1 heterocycles. The Morgan fingerprint density at radius 2 is 1.87 bits per heavy atom. The zero-order valence-corrected chi connectivity index (χ0v) is 17.3. The molecule has 0 unspecified atom stereocenters. The van der Waals surface area contributed by atoms with Crippen molar-refractivity contribution in [1.29, 1.82) is 0 Å². The second kappa shape index (κ2) is 8.42. The number of carbonyl (C=O) groups is 2. The molecule has 9 nitrogen and oxygen atoms in total. The Balaban J connectivity index is 1.97. The molecule has 4 N–H and O–H groups in total. The summed E-state index contributed by atoms with van der Waals surface area (Å²) >= 11 is 0. The molecule has 0 aliphatic carbocycles. The van der Waals surface area contributed by atoms with Gasteiger partial charge in [-0.1, -0.05) is 6.07 Å². The number of carboxylic acids is 1. The Hall–Kier alpha value is -2.95. The van der Waals surface area contributed by atoms with Gasteiger partial charge in [0.2, 0.25) is 15.9 Å². The largest absolute Gasteiger partial charge is 0.497 e. The van der Waals surface area contributed by atoms with Gasteiger partial charge in [-0.3, -0.25) is 9.59 Å². The number of carboxylic acid groups (broad SMARTS) is 1. The lowest BCUT2D eigenvalue weighted by Crippen LogP contribution is -2.48. The topological polar surface area (TPSA) is 139 Å². The fraction of sp³-hybridized carbons (Fsp3) is 0.300. The number of fused-ring (bicyclic) bond motifs is 1. The summed E-state index contributed by atoms with van der Waals surface area (Å²) in [6, 6.07) is 8.79. The highest BCUT2D eigenvalue weighted by molar-refractivity contribution is 7.89. The van der Waals surface area contributed by atoms with Crippen LogP contribution in [0.15, 0.2) is 47.4 Å². The zero-order valence-electron chi connectivity index (χ0n) is 16.5. The first-order valence-corrected chi connectivity index (χ1v) is 10.6. The third-order valence-corrected chi connectivity index (χ3v) is 6.79. The van der Waals surface area contributed by atoms with Gasteiger partial charge in [-0.2, -0.15) is 4.31 Å². The van der Waals surface area contributed by atoms with Crippen LogP contribution in [0.4, 0.5) is 5.69 Å². The molecule has 0 spiro atoms. The molecule has 0 fully saturated rings. The van der Waals surface area contributed by atoms with E-state index in [9.17, 15) is 23.1 Å². The number of nitrogens with one attached hydrogen (secondary N) is 1. The molecule has 2 aromatic carbocycles. The number of rotatable bonds is 6. The number of aliphatic carboxylic acids is 1. The number of methoxy groups -OCH3 is 1. The third kappa shape index (κ3) is 4.30. The molecule has 0 bridgehead atoms. The summed E-state index contributed by atoms with van der Waals surface area (Å²) in [5.41, 5.74) is 7.36. The van der Waals surface area contributed by atoms with Gasteiger partial charge in [0.1, 0.15) is 11.8 Å². The van der Waals surface area contributed by atoms with E-state index in [-0.39, 0.29) is 23.8 Å². The first-order chi connectivity index (χ1) is 14.1. The van der Waals surface area contributed by atoms with Crippen molar-refractivity contribution >= 4 is 27.6 Å². The van der Waals surface area contributed by atoms with Crippen LogP contribution in [-0.4, -0.2) is 48.9 Å². The van der Waals surface area contributed by atoms with Gasteiger partial charge in [-0.05, 0) is 54.4 Å². The summed E-state index contributed by atoms with van der Waals surface area (Å²) in [6.45, 7) is 1.41. The average Bonchev–Trinajstić information content (AvgIpc) is 2.72. The Kier molecular flexibility index (Phi) is 6.11. The number of sulfonamides is 1. The van der Waals surface area contributed by atoms with E-state index in [1.54, 1.807) is 25.1 Å². The second-order valence-electron chi connectivity index (χ2n) is 7.05. The van der Waals surface area contributed by atoms with E-state index in [0.717, 1.165) is 4.31 Å². The fourth-order valence-electron chi connectivity index (χ4n) is 3.24. The molecule has 10 heteroatoms. The summed E-state index contributed by atoms with van der Waals surface area (Å²) in [6.07, 6.45) is 0.0154. The Morgan fingerprint density at radius 3 is 2.43 bits per heavy atom. The number of anilines is 1. The lowest BCUT2D eigenvalue weighted by Gasteiger charge is -2.33. The number of hydrogen-bond donors (Lipinski definition) is 3. The van der Waals surface area contributed by atoms with Crippen LogP contribution in [0.5, 0.6) is 5.75 Å². The van der Waals surface area contributed by atoms with E-state index >= 15 is 0 Å². The Bertz CT molecular complexity index is 1070. The Labute approximate surface area is 174 Å². The molecule has 2 aromatic rings. The van der Waals surface area contributed by atoms with E-state index < -0.39 is 28.1 Å². The first kappa shape index (κ1) is 21.8. The maximum absolute atomic E-state index is 13.2. The van der Waals surface area contributed by atoms with Crippen molar-refractivity contribution in [1.82, 2.24) is 4.31 Å². The highest BCUT2D eigenvalue weighted by atomic mass is 32.2. The van der Waals surface area contributed by atoms with E-state index in [1.807, 2.05) is 0 Å². The van der Waals surface area contributed by atoms with E-state index in [1.165, 1.54) is 31.4 Å². The van der Waals surface area contributed by atoms with Crippen molar-refractivity contribution in [3.8, 4) is 5.75 Å². The number of benzene rings is 2. The normalized spacial score (nSPS) is 17.6. The van der Waals surface area contributed by atoms with Crippen molar-refractivity contribution in [3.63, 3.8) is 0 Å². The number of nitrogens with two attached hydrogens (primary N) is 1. The fourth-order valence-corrected chi connectivity index (χ4v) is 4.80. The number of nitrogens with zero attached hydrogens (tertiary/aromatic N) is 1. The van der Waals surface area contributed by atoms with Crippen molar-refractivity contribution < 1.29 is 27.9 Å². The number of carbonyl (C=O) groups excluding carboxylic acids is 1. The van der Waals surface area contributed by atoms with Crippen LogP contribution in [-0.2, 0) is 32.6 Å². The van der Waals surface area contributed by atoms with Gasteiger partial charge in [0.05, 0.1) is 18.0 Å². The standard InChI is InChI=1S/C20H23N3O6S/c1-12(21)19(24)22-15-4-3-13-10-18(20(25)26)23(11-14(13)9-15)30(27,28)17-7-5-16(29-2)6-8-17/h3-9,12,18H,10-11,21H2,1-2H3,(H,22,24)(H,25,26)/t12-,18+/m0/s1. The van der Waals surface area contributed by atoms with Gasteiger partial charge in [-0.15, -0.1) is 0 Å². The molecule has 0 aromatic heterocycles. The van der Waals surface area contributed by atoms with Crippen LogP contribution in [0.1, 0.15) is 18.1 Å². The maximum atomic E-state index is 13.2. The minimum absolute atomic E-state index is 0.0154. The highest BCUT2D eigenvalue weighted by Gasteiger charge is 2.39. The van der Waals surface area contributed by atoms with Crippen molar-refractivity contribution in [3.05, 3.63) is 53.6 Å². The number of hydrogen-bond acceptors (Lipinski definition) is 6. The minimum Gasteiger partial charge on any atom is -0.497 e. The predicted octanol–water partition coefficient (Wildman–Crippen LogP) is 1.18. The van der Waals surface area contributed by atoms with E-state index in [0.29, 0.717) is 22.6 Å². The molecular formula is C20H23N3O6S. The van der Waals surface area contributed by atoms with Crippen LogP contribution in [0.3, 0.4) is 0 Å². The molecule has 0 saturated carbocycles. The van der Waals surface area contributed by atoms with Gasteiger partial charge in [0.25, 0.3) is 0 Å². The zero-order chi connectivity index (χ0) is 22.1. The molecule has 160 valence electrons. The summed E-state index contributed by atoms with van der Waals surface area (Å²) < 4.78 is 32.4. The van der Waals surface area contributed by atoms with E-state index in [4.69, 9.17) is 10.5 Å². The first-order valence-electron chi connectivity index (χ1n) is 9.20. The average molecular weight is 433 g/mol. The van der Waals surface area contributed by atoms with Crippen LogP contribution < -0.4 is 15.8 Å². The molecule has 30 heavy (non-hydrogen) atoms. The van der Waals surface area contributed by atoms with Gasteiger partial charge < -0.3 is 20.9 Å². The molecule has 0 saturated heterocycles. The van der Waals surface area contributed by atoms with Crippen molar-refractivity contribution in [2.45, 2.75) is 36.9 Å². The van der Waals surface area contributed by atoms with Crippen molar-refractivity contribution in [2.24, 2.45) is 5.73 Å². The summed E-state index contributed by atoms with van der Waals surface area (Å²) in [4.78, 5) is 23.7. The SMILES string of the molecule is COc1ccc(S(=O)(=O)N2Cc3cc(NC(=O)[C@H](C)N)ccc3C[C@@H]2C(=O)O)cc1. The maximum Gasteiger partial charge on any atom is 0.322 e. The van der Waals surface area contributed by atoms with Crippen LogP contribution in [0.2, 0.25) is 0 Å². The second-order valence-corrected chi connectivity index (χ2v) is 8.94. The molecule has 0 radical (unpaired) electrons. The predicted molar refractivity (Wildman–Crippen MR) is 110 cm³/mol. The van der Waals surface area contributed by atoms with Gasteiger partial charge in [-0.25, -0.2) is 8.42 Å². The molecule has 3 rings (SSSR count). The lowest BCUT2D eigenvalue weighted by molar-refractivity contribution is -0.141. The highest BCUT2D eigenvalue weighted by Crippen LogP contribution is 2.31. The van der Waals surface area contributed by atoms with Crippen LogP contribution >= 0.6 is 0 Å². The number of ether oxygens (including phenoxy) is 1. The molecule has 1 aliphatic rings. The molecule has 2 atom stereocenters. The molecular weight excluding hydrogens is 410 g/mol. The van der Waals surface area contributed by atoms with Gasteiger partial charge in [0.15, 0.2) is 0 Å². The minimum atomic E-state index is -4.08. The number of amides is 1. The molecule has 1 amide bonds. The van der Waals surface area contributed by atoms with Gasteiger partial charge >= 0.3 is 5.97 Å². The third-order valence-electron chi connectivity index (χ3n) is 4.93. The van der Waals surface area contributed by atoms with Crippen LogP contribution in [0, 0.1) is 0 Å². The summed E-state index contributed by atoms with van der Waals surface area (Å²) in [5.74, 6) is -1.12. The van der Waals surface area contributed by atoms with E-state index in [2.05, 4.69) is 5.32 Å². The lowest BCUT2D eigenvalue weighted by atomic mass is 9.95. The Morgan fingerprint density at radius 1 is 1.20 bits per heavy atom. The van der Waals surface area contributed by atoms with Gasteiger partial charge in [0, 0.05) is 18.7 Å². The monoisotopic (exact) mass is 433 g/mol. The summed E-state index contributed by atoms with van der Waals surface area (Å²) in [7, 11) is -2.62. The smallest absolute Gasteiger partial charge is 0.322 e. The van der Waals surface area contributed by atoms with Crippen LogP contribution in [0.25, 0.3) is 0 Å². The van der Waals surface area contributed by atoms with Crippen molar-refractivity contribution in [2.75, 3.05) is 12.4 Å². The molecule has 1 aliphatic heterocycles. The quantitative estimate of drug-likeness (QED) is 0.622. The summed E-state index contributed by atoms with van der Waals surface area (Å²) in [5, 5.41) is 12.3.